The monoisotopic (exact) mass is 331 g/mol. The number of aliphatic carboxylic acids is 1. The van der Waals surface area contributed by atoms with E-state index in [2.05, 4.69) is 15.6 Å². The molecule has 1 rings (SSSR count). The van der Waals surface area contributed by atoms with Gasteiger partial charge in [-0.1, -0.05) is 20.8 Å². The molecule has 1 heterocycles. The molecule has 0 radical (unpaired) electrons. The van der Waals surface area contributed by atoms with Crippen LogP contribution < -0.4 is 10.6 Å². The molecular weight excluding hydrogens is 310 g/mol. The number of aromatic nitrogens is 1. The van der Waals surface area contributed by atoms with Crippen molar-refractivity contribution in [2.75, 3.05) is 17.3 Å². The van der Waals surface area contributed by atoms with E-state index >= 15 is 0 Å². The van der Waals surface area contributed by atoms with Crippen LogP contribution >= 0.6 is 23.1 Å². The maximum Gasteiger partial charge on any atom is 0.326 e. The van der Waals surface area contributed by atoms with Crippen molar-refractivity contribution >= 4 is 40.2 Å². The number of thioether (sulfide) groups is 1. The third kappa shape index (κ3) is 5.92. The highest BCUT2D eigenvalue weighted by Gasteiger charge is 2.21. The molecule has 8 heteroatoms. The summed E-state index contributed by atoms with van der Waals surface area (Å²) >= 11 is 2.86. The first kappa shape index (κ1) is 17.8. The van der Waals surface area contributed by atoms with E-state index < -0.39 is 18.0 Å². The second kappa shape index (κ2) is 7.65. The Morgan fingerprint density at radius 2 is 2.14 bits per heavy atom. The Morgan fingerprint density at radius 1 is 1.48 bits per heavy atom. The van der Waals surface area contributed by atoms with E-state index in [1.54, 1.807) is 0 Å². The van der Waals surface area contributed by atoms with Crippen LogP contribution in [-0.2, 0) is 10.2 Å². The maximum absolute atomic E-state index is 11.8. The van der Waals surface area contributed by atoms with Crippen molar-refractivity contribution in [3.05, 3.63) is 11.1 Å². The Bertz CT molecular complexity index is 497. The largest absolute Gasteiger partial charge is 0.480 e. The zero-order valence-corrected chi connectivity index (χ0v) is 14.2. The number of carbonyl (C=O) groups is 2. The van der Waals surface area contributed by atoms with Crippen molar-refractivity contribution in [2.24, 2.45) is 0 Å². The Morgan fingerprint density at radius 3 is 2.62 bits per heavy atom. The summed E-state index contributed by atoms with van der Waals surface area (Å²) in [6, 6.07) is -1.43. The number of nitrogens with one attached hydrogen (secondary N) is 2. The number of thiazole rings is 1. The normalized spacial score (nSPS) is 12.8. The summed E-state index contributed by atoms with van der Waals surface area (Å²) in [5, 5.41) is 16.4. The molecule has 0 bridgehead atoms. The van der Waals surface area contributed by atoms with Gasteiger partial charge in [0.15, 0.2) is 5.13 Å². The first-order chi connectivity index (χ1) is 9.74. The van der Waals surface area contributed by atoms with Gasteiger partial charge >= 0.3 is 12.0 Å². The third-order valence-electron chi connectivity index (χ3n) is 2.71. The number of nitrogens with zero attached hydrogens (tertiary/aromatic N) is 1. The van der Waals surface area contributed by atoms with Crippen LogP contribution in [0.4, 0.5) is 9.93 Å². The number of carbonyl (C=O) groups excluding carboxylic acids is 1. The highest BCUT2D eigenvalue weighted by atomic mass is 32.2. The average molecular weight is 331 g/mol. The minimum Gasteiger partial charge on any atom is -0.480 e. The maximum atomic E-state index is 11.8. The molecule has 0 aliphatic heterocycles. The Balaban J connectivity index is 2.60. The first-order valence-electron chi connectivity index (χ1n) is 6.49. The van der Waals surface area contributed by atoms with E-state index in [-0.39, 0.29) is 5.41 Å². The molecule has 1 aromatic heterocycles. The fourth-order valence-corrected chi connectivity index (χ4v) is 2.86. The van der Waals surface area contributed by atoms with E-state index in [1.165, 1.54) is 23.1 Å². The van der Waals surface area contributed by atoms with Crippen LogP contribution in [-0.4, -0.2) is 40.1 Å². The van der Waals surface area contributed by atoms with E-state index in [0.717, 1.165) is 5.69 Å². The van der Waals surface area contributed by atoms with Crippen LogP contribution in [0.5, 0.6) is 0 Å². The highest BCUT2D eigenvalue weighted by Crippen LogP contribution is 2.26. The van der Waals surface area contributed by atoms with Crippen molar-refractivity contribution in [1.29, 1.82) is 0 Å². The molecule has 3 N–H and O–H groups in total. The summed E-state index contributed by atoms with van der Waals surface area (Å²) in [4.78, 5) is 27.2. The van der Waals surface area contributed by atoms with Crippen molar-refractivity contribution in [1.82, 2.24) is 10.3 Å². The minimum absolute atomic E-state index is 0.0884. The summed E-state index contributed by atoms with van der Waals surface area (Å²) < 4.78 is 0. The molecule has 1 atom stereocenters. The number of amides is 2. The molecule has 118 valence electrons. The average Bonchev–Trinajstić information content (AvgIpc) is 2.82. The molecule has 21 heavy (non-hydrogen) atoms. The zero-order valence-electron chi connectivity index (χ0n) is 12.6. The van der Waals surface area contributed by atoms with Gasteiger partial charge in [0, 0.05) is 10.8 Å². The second-order valence-electron chi connectivity index (χ2n) is 5.56. The fourth-order valence-electron chi connectivity index (χ4n) is 1.46. The van der Waals surface area contributed by atoms with Gasteiger partial charge in [-0.2, -0.15) is 11.8 Å². The number of anilines is 1. The Labute approximate surface area is 132 Å². The molecule has 0 aliphatic rings. The van der Waals surface area contributed by atoms with Gasteiger partial charge in [0.2, 0.25) is 0 Å². The molecule has 0 saturated heterocycles. The van der Waals surface area contributed by atoms with E-state index in [1.807, 2.05) is 32.4 Å². The summed E-state index contributed by atoms with van der Waals surface area (Å²) in [6.45, 7) is 6.11. The van der Waals surface area contributed by atoms with Gasteiger partial charge in [-0.05, 0) is 18.4 Å². The number of rotatable bonds is 6. The SMILES string of the molecule is CSCC[C@@H](NC(=O)Nc1nc(C(C)(C)C)cs1)C(=O)O. The smallest absolute Gasteiger partial charge is 0.326 e. The predicted molar refractivity (Wildman–Crippen MR) is 87.4 cm³/mol. The van der Waals surface area contributed by atoms with Crippen molar-refractivity contribution < 1.29 is 14.7 Å². The Kier molecular flexibility index (Phi) is 6.47. The lowest BCUT2D eigenvalue weighted by molar-refractivity contribution is -0.139. The van der Waals surface area contributed by atoms with Gasteiger partial charge in [-0.25, -0.2) is 14.6 Å². The van der Waals surface area contributed by atoms with Gasteiger partial charge < -0.3 is 10.4 Å². The van der Waals surface area contributed by atoms with Gasteiger partial charge in [-0.15, -0.1) is 11.3 Å². The number of hydrogen-bond donors (Lipinski definition) is 3. The molecule has 0 saturated carbocycles. The highest BCUT2D eigenvalue weighted by molar-refractivity contribution is 7.98. The van der Waals surface area contributed by atoms with Gasteiger partial charge in [0.25, 0.3) is 0 Å². The molecular formula is C13H21N3O3S2. The molecule has 0 spiro atoms. The zero-order chi connectivity index (χ0) is 16.0. The lowest BCUT2D eigenvalue weighted by Crippen LogP contribution is -2.43. The lowest BCUT2D eigenvalue weighted by Gasteiger charge is -2.15. The predicted octanol–water partition coefficient (Wildman–Crippen LogP) is 2.77. The summed E-state index contributed by atoms with van der Waals surface area (Å²) in [5.74, 6) is -0.364. The standard InChI is InChI=1S/C13H21N3O3S2/c1-13(2,3)9-7-21-12(15-9)16-11(19)14-8(10(17)18)5-6-20-4/h7-8H,5-6H2,1-4H3,(H,17,18)(H2,14,15,16,19)/t8-/m1/s1. The summed E-state index contributed by atoms with van der Waals surface area (Å²) in [7, 11) is 0. The molecule has 6 nitrogen and oxygen atoms in total. The van der Waals surface area contributed by atoms with Gasteiger partial charge in [0.1, 0.15) is 6.04 Å². The fraction of sp³-hybridized carbons (Fsp3) is 0.615. The number of hydrogen-bond acceptors (Lipinski definition) is 5. The third-order valence-corrected chi connectivity index (χ3v) is 4.11. The van der Waals surface area contributed by atoms with E-state index in [0.29, 0.717) is 17.3 Å². The molecule has 0 aromatic carbocycles. The summed E-state index contributed by atoms with van der Waals surface area (Å²) in [5.41, 5.74) is 0.800. The molecule has 2 amide bonds. The van der Waals surface area contributed by atoms with Crippen LogP contribution in [0.15, 0.2) is 5.38 Å². The number of urea groups is 1. The molecule has 1 aromatic rings. The van der Waals surface area contributed by atoms with Crippen LogP contribution in [0, 0.1) is 0 Å². The van der Waals surface area contributed by atoms with E-state index in [9.17, 15) is 9.59 Å². The topological polar surface area (TPSA) is 91.3 Å². The van der Waals surface area contributed by atoms with Crippen LogP contribution in [0.25, 0.3) is 0 Å². The van der Waals surface area contributed by atoms with Crippen LogP contribution in [0.3, 0.4) is 0 Å². The summed E-state index contributed by atoms with van der Waals surface area (Å²) in [6.07, 6.45) is 2.28. The number of carboxylic acid groups (broad SMARTS) is 1. The van der Waals surface area contributed by atoms with Crippen LogP contribution in [0.1, 0.15) is 32.9 Å². The van der Waals surface area contributed by atoms with Crippen molar-refractivity contribution in [3.8, 4) is 0 Å². The minimum atomic E-state index is -1.03. The van der Waals surface area contributed by atoms with Crippen LogP contribution in [0.2, 0.25) is 0 Å². The van der Waals surface area contributed by atoms with Crippen molar-refractivity contribution in [3.63, 3.8) is 0 Å². The Hall–Kier alpha value is -1.28. The van der Waals surface area contributed by atoms with Gasteiger partial charge in [-0.3, -0.25) is 5.32 Å². The van der Waals surface area contributed by atoms with E-state index in [4.69, 9.17) is 5.11 Å². The molecule has 0 fully saturated rings. The number of carboxylic acids is 1. The first-order valence-corrected chi connectivity index (χ1v) is 8.76. The molecule has 0 unspecified atom stereocenters. The second-order valence-corrected chi connectivity index (χ2v) is 7.40. The van der Waals surface area contributed by atoms with Gasteiger partial charge in [0.05, 0.1) is 5.69 Å². The quantitative estimate of drug-likeness (QED) is 0.745. The lowest BCUT2D eigenvalue weighted by atomic mass is 9.93. The van der Waals surface area contributed by atoms with Crippen molar-refractivity contribution in [2.45, 2.75) is 38.6 Å². The molecule has 0 aliphatic carbocycles.